The van der Waals surface area contributed by atoms with Crippen LogP contribution < -0.4 is 4.74 Å². The molecule has 1 N–H and O–H groups in total. The number of rotatable bonds is 5. The van der Waals surface area contributed by atoms with Crippen LogP contribution in [0.15, 0.2) is 40.9 Å². The Hall–Kier alpha value is -1.99. The maximum absolute atomic E-state index is 13.5. The number of aliphatic hydroxyl groups excluding tert-OH is 1. The Morgan fingerprint density at radius 1 is 1.29 bits per heavy atom. The third-order valence-electron chi connectivity index (χ3n) is 2.80. The van der Waals surface area contributed by atoms with E-state index in [1.807, 2.05) is 0 Å². The highest BCUT2D eigenvalue weighted by Gasteiger charge is 2.14. The molecule has 2 rings (SSSR count). The molecule has 0 aromatic heterocycles. The topological polar surface area (TPSA) is 72.6 Å². The second-order valence-corrected chi connectivity index (χ2v) is 5.16. The van der Waals surface area contributed by atoms with E-state index in [0.717, 1.165) is 16.6 Å². The average Bonchev–Trinajstić information content (AvgIpc) is 2.45. The molecule has 0 aliphatic rings. The normalized spacial score (nSPS) is 10.4. The van der Waals surface area contributed by atoms with Crippen LogP contribution in [0.5, 0.6) is 5.75 Å². The maximum Gasteiger partial charge on any atom is 0.304 e. The zero-order valence-corrected chi connectivity index (χ0v) is 12.3. The summed E-state index contributed by atoms with van der Waals surface area (Å²) >= 11 is 3.28. The van der Waals surface area contributed by atoms with Gasteiger partial charge in [0.2, 0.25) is 5.82 Å². The number of aliphatic hydroxyl groups is 1. The highest BCUT2D eigenvalue weighted by Crippen LogP contribution is 2.25. The molecule has 0 aliphatic heterocycles. The molecule has 0 radical (unpaired) electrons. The van der Waals surface area contributed by atoms with Crippen molar-refractivity contribution in [2.45, 2.75) is 13.2 Å². The molecule has 21 heavy (non-hydrogen) atoms. The molecule has 0 atom stereocenters. The number of nitrogens with zero attached hydrogens (tertiary/aromatic N) is 1. The largest absolute Gasteiger partial charge is 0.489 e. The van der Waals surface area contributed by atoms with Gasteiger partial charge in [0.1, 0.15) is 12.4 Å². The lowest BCUT2D eigenvalue weighted by Gasteiger charge is -2.10. The fourth-order valence-corrected chi connectivity index (χ4v) is 2.17. The first kappa shape index (κ1) is 15.4. The maximum atomic E-state index is 13.5. The van der Waals surface area contributed by atoms with Crippen LogP contribution in [0.4, 0.5) is 10.1 Å². The Morgan fingerprint density at radius 2 is 2.05 bits per heavy atom. The first-order valence-electron chi connectivity index (χ1n) is 5.96. The van der Waals surface area contributed by atoms with E-state index in [-0.39, 0.29) is 13.2 Å². The third kappa shape index (κ3) is 3.77. The Bertz CT molecular complexity index is 678. The van der Waals surface area contributed by atoms with E-state index < -0.39 is 16.4 Å². The average molecular weight is 356 g/mol. The monoisotopic (exact) mass is 355 g/mol. The van der Waals surface area contributed by atoms with Gasteiger partial charge in [0.05, 0.1) is 11.5 Å². The zero-order chi connectivity index (χ0) is 15.4. The predicted molar refractivity (Wildman–Crippen MR) is 77.5 cm³/mol. The minimum atomic E-state index is -0.903. The lowest BCUT2D eigenvalue weighted by Crippen LogP contribution is -2.00. The molecule has 0 saturated heterocycles. The number of benzene rings is 2. The van der Waals surface area contributed by atoms with E-state index in [1.54, 1.807) is 18.2 Å². The molecule has 5 nitrogen and oxygen atoms in total. The predicted octanol–water partition coefficient (Wildman–Crippen LogP) is 3.57. The number of nitro groups is 1. The van der Waals surface area contributed by atoms with Gasteiger partial charge in [-0.15, -0.1) is 0 Å². The molecule has 0 heterocycles. The van der Waals surface area contributed by atoms with Crippen LogP contribution in [-0.4, -0.2) is 10.0 Å². The summed E-state index contributed by atoms with van der Waals surface area (Å²) < 4.78 is 19.8. The van der Waals surface area contributed by atoms with Crippen LogP contribution >= 0.6 is 15.9 Å². The number of hydrogen-bond donors (Lipinski definition) is 1. The molecule has 0 spiro atoms. The molecule has 0 bridgehead atoms. The van der Waals surface area contributed by atoms with E-state index in [0.29, 0.717) is 16.9 Å². The van der Waals surface area contributed by atoms with Crippen LogP contribution in [0.25, 0.3) is 0 Å². The summed E-state index contributed by atoms with van der Waals surface area (Å²) in [4.78, 5) is 9.75. The summed E-state index contributed by atoms with van der Waals surface area (Å²) in [5.74, 6) is -0.432. The van der Waals surface area contributed by atoms with Crippen molar-refractivity contribution in [1.29, 1.82) is 0 Å². The fourth-order valence-electron chi connectivity index (χ4n) is 1.76. The third-order valence-corrected chi connectivity index (χ3v) is 3.29. The number of halogens is 2. The molecule has 0 aliphatic carbocycles. The number of nitro benzene ring substituents is 1. The standard InChI is InChI=1S/C14H11BrFNO4/c15-11-2-4-14(10(6-11)7-18)21-8-9-1-3-13(17(19)20)12(16)5-9/h1-6,18H,7-8H2. The van der Waals surface area contributed by atoms with Gasteiger partial charge in [0.25, 0.3) is 0 Å². The summed E-state index contributed by atoms with van der Waals surface area (Å²) in [5.41, 5.74) is 0.482. The molecule has 0 amide bonds. The quantitative estimate of drug-likeness (QED) is 0.657. The summed E-state index contributed by atoms with van der Waals surface area (Å²) in [7, 11) is 0. The van der Waals surface area contributed by atoms with Crippen LogP contribution in [0.1, 0.15) is 11.1 Å². The Balaban J connectivity index is 2.13. The van der Waals surface area contributed by atoms with Crippen molar-refractivity contribution in [3.63, 3.8) is 0 Å². The summed E-state index contributed by atoms with van der Waals surface area (Å²) in [5, 5.41) is 19.8. The van der Waals surface area contributed by atoms with E-state index in [9.17, 15) is 19.6 Å². The highest BCUT2D eigenvalue weighted by atomic mass is 79.9. The molecule has 2 aromatic rings. The van der Waals surface area contributed by atoms with Crippen molar-refractivity contribution < 1.29 is 19.2 Å². The van der Waals surface area contributed by atoms with Crippen molar-refractivity contribution in [1.82, 2.24) is 0 Å². The van der Waals surface area contributed by atoms with Crippen molar-refractivity contribution in [3.05, 3.63) is 67.9 Å². The lowest BCUT2D eigenvalue weighted by atomic mass is 10.2. The number of ether oxygens (including phenoxy) is 1. The molecular formula is C14H11BrFNO4. The van der Waals surface area contributed by atoms with Gasteiger partial charge >= 0.3 is 5.69 Å². The minimum Gasteiger partial charge on any atom is -0.489 e. The summed E-state index contributed by atoms with van der Waals surface area (Å²) in [6, 6.07) is 8.74. The van der Waals surface area contributed by atoms with E-state index >= 15 is 0 Å². The van der Waals surface area contributed by atoms with E-state index in [4.69, 9.17) is 4.74 Å². The SMILES string of the molecule is O=[N+]([O-])c1ccc(COc2ccc(Br)cc2CO)cc1F. The Morgan fingerprint density at radius 3 is 2.67 bits per heavy atom. The van der Waals surface area contributed by atoms with Gasteiger partial charge in [-0.3, -0.25) is 10.1 Å². The van der Waals surface area contributed by atoms with Crippen LogP contribution in [-0.2, 0) is 13.2 Å². The van der Waals surface area contributed by atoms with Crippen LogP contribution in [0, 0.1) is 15.9 Å². The van der Waals surface area contributed by atoms with Crippen molar-refractivity contribution in [2.24, 2.45) is 0 Å². The zero-order valence-electron chi connectivity index (χ0n) is 10.8. The smallest absolute Gasteiger partial charge is 0.304 e. The van der Waals surface area contributed by atoms with E-state index in [2.05, 4.69) is 15.9 Å². The van der Waals surface area contributed by atoms with Gasteiger partial charge in [0, 0.05) is 16.1 Å². The molecular weight excluding hydrogens is 345 g/mol. The van der Waals surface area contributed by atoms with E-state index in [1.165, 1.54) is 6.07 Å². The molecule has 2 aromatic carbocycles. The minimum absolute atomic E-state index is 0.0452. The van der Waals surface area contributed by atoms with Gasteiger partial charge in [-0.2, -0.15) is 4.39 Å². The second kappa shape index (κ2) is 6.64. The Labute approximate surface area is 128 Å². The van der Waals surface area contributed by atoms with Crippen molar-refractivity contribution >= 4 is 21.6 Å². The van der Waals surface area contributed by atoms with Gasteiger partial charge in [-0.1, -0.05) is 15.9 Å². The van der Waals surface area contributed by atoms with Gasteiger partial charge in [-0.25, -0.2) is 0 Å². The first-order chi connectivity index (χ1) is 10.0. The fraction of sp³-hybridized carbons (Fsp3) is 0.143. The van der Waals surface area contributed by atoms with Gasteiger partial charge in [0.15, 0.2) is 0 Å². The van der Waals surface area contributed by atoms with Gasteiger partial charge < -0.3 is 9.84 Å². The Kier molecular flexibility index (Phi) is 4.87. The molecule has 0 saturated carbocycles. The highest BCUT2D eigenvalue weighted by molar-refractivity contribution is 9.10. The second-order valence-electron chi connectivity index (χ2n) is 4.24. The lowest BCUT2D eigenvalue weighted by molar-refractivity contribution is -0.387. The first-order valence-corrected chi connectivity index (χ1v) is 6.75. The molecule has 0 unspecified atom stereocenters. The number of hydrogen-bond acceptors (Lipinski definition) is 4. The molecule has 7 heteroatoms. The van der Waals surface area contributed by atoms with Crippen LogP contribution in [0.3, 0.4) is 0 Å². The summed E-state index contributed by atoms with van der Waals surface area (Å²) in [6.07, 6.45) is 0. The molecule has 0 fully saturated rings. The van der Waals surface area contributed by atoms with Crippen molar-refractivity contribution in [2.75, 3.05) is 0 Å². The summed E-state index contributed by atoms with van der Waals surface area (Å²) in [6.45, 7) is -0.146. The van der Waals surface area contributed by atoms with Crippen LogP contribution in [0.2, 0.25) is 0 Å². The van der Waals surface area contributed by atoms with Crippen molar-refractivity contribution in [3.8, 4) is 5.75 Å². The molecule has 110 valence electrons. The van der Waals surface area contributed by atoms with Gasteiger partial charge in [-0.05, 0) is 35.9 Å².